The number of hydrogen-bond acceptors (Lipinski definition) is 4. The first-order chi connectivity index (χ1) is 14.6. The zero-order valence-electron chi connectivity index (χ0n) is 17.1. The molecular formula is C23H27N3O3S. The Morgan fingerprint density at radius 3 is 2.50 bits per heavy atom. The molecule has 2 N–H and O–H groups in total. The van der Waals surface area contributed by atoms with Gasteiger partial charge in [-0.05, 0) is 62.3 Å². The van der Waals surface area contributed by atoms with E-state index in [4.69, 9.17) is 17.0 Å². The number of thiocarbonyl (C=S) groups is 1. The molecule has 1 fully saturated rings. The highest BCUT2D eigenvalue weighted by molar-refractivity contribution is 7.80. The van der Waals surface area contributed by atoms with E-state index in [2.05, 4.69) is 10.6 Å². The van der Waals surface area contributed by atoms with E-state index < -0.39 is 0 Å². The molecule has 0 bridgehead atoms. The van der Waals surface area contributed by atoms with E-state index >= 15 is 0 Å². The van der Waals surface area contributed by atoms with Gasteiger partial charge in [-0.15, -0.1) is 0 Å². The predicted molar refractivity (Wildman–Crippen MR) is 122 cm³/mol. The van der Waals surface area contributed by atoms with Gasteiger partial charge in [0.15, 0.2) is 5.11 Å². The topological polar surface area (TPSA) is 70.7 Å². The monoisotopic (exact) mass is 425 g/mol. The lowest BCUT2D eigenvalue weighted by Gasteiger charge is -2.20. The third-order valence-electron chi connectivity index (χ3n) is 4.92. The van der Waals surface area contributed by atoms with Crippen LogP contribution in [-0.4, -0.2) is 41.5 Å². The second kappa shape index (κ2) is 10.7. The summed E-state index contributed by atoms with van der Waals surface area (Å²) in [7, 11) is 0. The fourth-order valence-electron chi connectivity index (χ4n) is 3.45. The molecule has 1 aliphatic rings. The average Bonchev–Trinajstić information content (AvgIpc) is 3.03. The minimum Gasteiger partial charge on any atom is -0.493 e. The molecule has 30 heavy (non-hydrogen) atoms. The van der Waals surface area contributed by atoms with Gasteiger partial charge < -0.3 is 15.0 Å². The first-order valence-electron chi connectivity index (χ1n) is 10.3. The smallest absolute Gasteiger partial charge is 0.261 e. The summed E-state index contributed by atoms with van der Waals surface area (Å²) in [6, 6.07) is 14.2. The number of amides is 2. The molecule has 1 saturated heterocycles. The Hall–Kier alpha value is -2.93. The number of nitrogens with zero attached hydrogens (tertiary/aromatic N) is 1. The van der Waals surface area contributed by atoms with Crippen LogP contribution in [0.4, 0.5) is 5.69 Å². The minimum absolute atomic E-state index is 0.0288. The molecule has 2 aromatic carbocycles. The van der Waals surface area contributed by atoms with Crippen molar-refractivity contribution < 1.29 is 14.3 Å². The van der Waals surface area contributed by atoms with Crippen molar-refractivity contribution in [2.75, 3.05) is 25.0 Å². The molecule has 1 heterocycles. The van der Waals surface area contributed by atoms with Crippen LogP contribution in [0.15, 0.2) is 48.5 Å². The van der Waals surface area contributed by atoms with Gasteiger partial charge in [0, 0.05) is 24.3 Å². The Kier molecular flexibility index (Phi) is 7.79. The Morgan fingerprint density at radius 2 is 1.77 bits per heavy atom. The van der Waals surface area contributed by atoms with Gasteiger partial charge in [-0.25, -0.2) is 0 Å². The van der Waals surface area contributed by atoms with E-state index in [0.717, 1.165) is 25.9 Å². The van der Waals surface area contributed by atoms with E-state index in [9.17, 15) is 9.59 Å². The second-order valence-electron chi connectivity index (χ2n) is 7.12. The van der Waals surface area contributed by atoms with Crippen LogP contribution in [-0.2, 0) is 0 Å². The van der Waals surface area contributed by atoms with Crippen LogP contribution < -0.4 is 15.4 Å². The van der Waals surface area contributed by atoms with E-state index in [1.807, 2.05) is 30.0 Å². The lowest BCUT2D eigenvalue weighted by atomic mass is 10.1. The van der Waals surface area contributed by atoms with Gasteiger partial charge >= 0.3 is 0 Å². The van der Waals surface area contributed by atoms with Crippen LogP contribution in [0.25, 0.3) is 0 Å². The Labute approximate surface area is 182 Å². The lowest BCUT2D eigenvalue weighted by molar-refractivity contribution is 0.0761. The third-order valence-corrected chi connectivity index (χ3v) is 5.12. The summed E-state index contributed by atoms with van der Waals surface area (Å²) in [5.74, 6) is 0.180. The van der Waals surface area contributed by atoms with Crippen LogP contribution in [0.1, 0.15) is 53.3 Å². The summed E-state index contributed by atoms with van der Waals surface area (Å²) in [5.41, 5.74) is 1.67. The van der Waals surface area contributed by atoms with Crippen LogP contribution in [0.3, 0.4) is 0 Å². The first-order valence-corrected chi connectivity index (χ1v) is 10.7. The highest BCUT2D eigenvalue weighted by Crippen LogP contribution is 2.19. The highest BCUT2D eigenvalue weighted by Gasteiger charge is 2.18. The van der Waals surface area contributed by atoms with Crippen LogP contribution in [0, 0.1) is 0 Å². The molecular weight excluding hydrogens is 398 g/mol. The molecule has 0 radical (unpaired) electrons. The number of benzene rings is 2. The summed E-state index contributed by atoms with van der Waals surface area (Å²) in [5, 5.41) is 5.82. The summed E-state index contributed by atoms with van der Waals surface area (Å²) >= 11 is 5.29. The Bertz CT molecular complexity index is 908. The van der Waals surface area contributed by atoms with Crippen molar-refractivity contribution in [1.29, 1.82) is 0 Å². The molecule has 6 nitrogen and oxygen atoms in total. The van der Waals surface area contributed by atoms with E-state index in [1.165, 1.54) is 12.8 Å². The number of hydrogen-bond donors (Lipinski definition) is 2. The van der Waals surface area contributed by atoms with Gasteiger partial charge in [-0.2, -0.15) is 0 Å². The highest BCUT2D eigenvalue weighted by atomic mass is 32.1. The predicted octanol–water partition coefficient (Wildman–Crippen LogP) is 4.23. The summed E-state index contributed by atoms with van der Waals surface area (Å²) in [4.78, 5) is 27.3. The molecule has 2 aromatic rings. The molecule has 0 saturated carbocycles. The van der Waals surface area contributed by atoms with E-state index in [1.54, 1.807) is 30.3 Å². The van der Waals surface area contributed by atoms with Crippen molar-refractivity contribution in [2.24, 2.45) is 0 Å². The number of ether oxygens (including phenoxy) is 1. The van der Waals surface area contributed by atoms with Crippen LogP contribution in [0.2, 0.25) is 0 Å². The van der Waals surface area contributed by atoms with Gasteiger partial charge in [0.05, 0.1) is 12.2 Å². The number of likely N-dealkylation sites (tertiary alicyclic amines) is 1. The van der Waals surface area contributed by atoms with Gasteiger partial charge in [0.25, 0.3) is 11.8 Å². The van der Waals surface area contributed by atoms with Crippen molar-refractivity contribution in [3.05, 3.63) is 59.7 Å². The maximum atomic E-state index is 12.8. The van der Waals surface area contributed by atoms with Crippen molar-refractivity contribution in [2.45, 2.75) is 32.6 Å². The number of carbonyl (C=O) groups excluding carboxylic acids is 2. The van der Waals surface area contributed by atoms with Gasteiger partial charge in [0.2, 0.25) is 0 Å². The molecule has 0 aromatic heterocycles. The number of anilines is 1. The summed E-state index contributed by atoms with van der Waals surface area (Å²) in [6.45, 7) is 3.92. The van der Waals surface area contributed by atoms with Crippen molar-refractivity contribution in [1.82, 2.24) is 10.2 Å². The Balaban J connectivity index is 1.64. The van der Waals surface area contributed by atoms with Gasteiger partial charge in [-0.3, -0.25) is 14.9 Å². The number of nitrogens with one attached hydrogen (secondary N) is 2. The quantitative estimate of drug-likeness (QED) is 0.702. The first kappa shape index (κ1) is 21.8. The molecule has 1 aliphatic heterocycles. The maximum absolute atomic E-state index is 12.8. The number of para-hydroxylation sites is 1. The third kappa shape index (κ3) is 5.79. The molecule has 0 aliphatic carbocycles. The lowest BCUT2D eigenvalue weighted by Crippen LogP contribution is -2.34. The number of carbonyl (C=O) groups is 2. The Morgan fingerprint density at radius 1 is 1.03 bits per heavy atom. The summed E-state index contributed by atoms with van der Waals surface area (Å²) in [6.07, 6.45) is 4.43. The van der Waals surface area contributed by atoms with E-state index in [-0.39, 0.29) is 16.9 Å². The second-order valence-corrected chi connectivity index (χ2v) is 7.53. The van der Waals surface area contributed by atoms with Crippen molar-refractivity contribution in [3.63, 3.8) is 0 Å². The normalized spacial score (nSPS) is 13.8. The molecule has 0 atom stereocenters. The van der Waals surface area contributed by atoms with E-state index in [0.29, 0.717) is 29.2 Å². The minimum atomic E-state index is -0.353. The zero-order chi connectivity index (χ0) is 21.3. The summed E-state index contributed by atoms with van der Waals surface area (Å²) < 4.78 is 5.50. The molecule has 0 spiro atoms. The van der Waals surface area contributed by atoms with Crippen LogP contribution >= 0.6 is 12.2 Å². The van der Waals surface area contributed by atoms with Gasteiger partial charge in [-0.1, -0.05) is 31.0 Å². The standard InChI is InChI=1S/C23H27N3O3S/c1-2-29-20-13-6-5-12-19(20)21(27)25-23(30)24-18-11-9-10-17(16-18)22(28)26-14-7-3-4-8-15-26/h5-6,9-13,16H,2-4,7-8,14-15H2,1H3,(H2,24,25,27,30). The molecule has 3 rings (SSSR count). The average molecular weight is 426 g/mol. The largest absolute Gasteiger partial charge is 0.493 e. The fraction of sp³-hybridized carbons (Fsp3) is 0.348. The molecule has 7 heteroatoms. The van der Waals surface area contributed by atoms with Crippen molar-refractivity contribution in [3.8, 4) is 5.75 Å². The molecule has 2 amide bonds. The van der Waals surface area contributed by atoms with Gasteiger partial charge in [0.1, 0.15) is 5.75 Å². The zero-order valence-corrected chi connectivity index (χ0v) is 18.0. The molecule has 158 valence electrons. The fourth-order valence-corrected chi connectivity index (χ4v) is 3.67. The molecule has 0 unspecified atom stereocenters. The maximum Gasteiger partial charge on any atom is 0.261 e. The van der Waals surface area contributed by atoms with Crippen LogP contribution in [0.5, 0.6) is 5.75 Å². The van der Waals surface area contributed by atoms with Crippen molar-refractivity contribution >= 4 is 34.8 Å². The number of rotatable bonds is 5. The SMILES string of the molecule is CCOc1ccccc1C(=O)NC(=S)Nc1cccc(C(=O)N2CCCCCC2)c1.